The third kappa shape index (κ3) is 6.70. The Morgan fingerprint density at radius 1 is 0.967 bits per heavy atom. The SMILES string of the molecule is [CH2]C(Cc1ccc(-c2ccc(Cl)c(Cl)c2)cc1COCCN1CCCCC1)N(C)C. The Kier molecular flexibility index (Phi) is 9.03. The van der Waals surface area contributed by atoms with Crippen LogP contribution in [-0.2, 0) is 17.8 Å². The van der Waals surface area contributed by atoms with Gasteiger partial charge in [0.15, 0.2) is 0 Å². The van der Waals surface area contributed by atoms with E-state index in [4.69, 9.17) is 27.9 Å². The zero-order chi connectivity index (χ0) is 21.5. The molecular formula is C25H33Cl2N2O. The second-order valence-electron chi connectivity index (χ2n) is 8.39. The molecule has 1 aliphatic heterocycles. The molecular weight excluding hydrogens is 415 g/mol. The lowest BCUT2D eigenvalue weighted by molar-refractivity contribution is 0.0859. The molecule has 2 aromatic carbocycles. The van der Waals surface area contributed by atoms with Crippen molar-refractivity contribution in [2.24, 2.45) is 0 Å². The van der Waals surface area contributed by atoms with Gasteiger partial charge in [0.1, 0.15) is 0 Å². The van der Waals surface area contributed by atoms with E-state index in [9.17, 15) is 0 Å². The maximum Gasteiger partial charge on any atom is 0.0720 e. The van der Waals surface area contributed by atoms with Crippen LogP contribution in [0.15, 0.2) is 36.4 Å². The van der Waals surface area contributed by atoms with Crippen molar-refractivity contribution in [1.82, 2.24) is 9.80 Å². The van der Waals surface area contributed by atoms with Gasteiger partial charge in [-0.3, -0.25) is 0 Å². The van der Waals surface area contributed by atoms with Crippen molar-refractivity contribution in [3.63, 3.8) is 0 Å². The molecule has 3 rings (SSSR count). The molecule has 2 aromatic rings. The Morgan fingerprint density at radius 2 is 1.67 bits per heavy atom. The van der Waals surface area contributed by atoms with Crippen molar-refractivity contribution in [1.29, 1.82) is 0 Å². The van der Waals surface area contributed by atoms with Crippen molar-refractivity contribution >= 4 is 23.2 Å². The van der Waals surface area contributed by atoms with E-state index < -0.39 is 0 Å². The number of piperidine rings is 1. The summed E-state index contributed by atoms with van der Waals surface area (Å²) in [6, 6.07) is 12.6. The lowest BCUT2D eigenvalue weighted by Crippen LogP contribution is -2.32. The van der Waals surface area contributed by atoms with E-state index in [0.29, 0.717) is 16.7 Å². The van der Waals surface area contributed by atoms with Gasteiger partial charge in [0, 0.05) is 12.6 Å². The molecule has 0 amide bonds. The Morgan fingerprint density at radius 3 is 2.37 bits per heavy atom. The molecule has 5 heteroatoms. The third-order valence-electron chi connectivity index (χ3n) is 5.90. The first-order chi connectivity index (χ1) is 14.4. The van der Waals surface area contributed by atoms with Crippen molar-refractivity contribution < 1.29 is 4.74 Å². The fourth-order valence-electron chi connectivity index (χ4n) is 3.81. The molecule has 1 aliphatic rings. The smallest absolute Gasteiger partial charge is 0.0720 e. The number of hydrogen-bond donors (Lipinski definition) is 0. The minimum Gasteiger partial charge on any atom is -0.375 e. The fourth-order valence-corrected chi connectivity index (χ4v) is 4.11. The van der Waals surface area contributed by atoms with Crippen LogP contribution in [0.2, 0.25) is 10.0 Å². The van der Waals surface area contributed by atoms with Crippen LogP contribution in [0.3, 0.4) is 0 Å². The number of benzene rings is 2. The lowest BCUT2D eigenvalue weighted by Gasteiger charge is -2.26. The lowest BCUT2D eigenvalue weighted by atomic mass is 9.95. The second-order valence-corrected chi connectivity index (χ2v) is 9.20. The number of halogens is 2. The highest BCUT2D eigenvalue weighted by Crippen LogP contribution is 2.30. The quantitative estimate of drug-likeness (QED) is 0.440. The molecule has 1 fully saturated rings. The van der Waals surface area contributed by atoms with Crippen LogP contribution in [0.25, 0.3) is 11.1 Å². The van der Waals surface area contributed by atoms with Gasteiger partial charge in [-0.15, -0.1) is 0 Å². The highest BCUT2D eigenvalue weighted by atomic mass is 35.5. The van der Waals surface area contributed by atoms with Gasteiger partial charge in [0.05, 0.1) is 23.3 Å². The van der Waals surface area contributed by atoms with Crippen LogP contribution >= 0.6 is 23.2 Å². The summed E-state index contributed by atoms with van der Waals surface area (Å²) >= 11 is 12.3. The van der Waals surface area contributed by atoms with E-state index in [1.54, 1.807) is 0 Å². The summed E-state index contributed by atoms with van der Waals surface area (Å²) in [4.78, 5) is 4.66. The van der Waals surface area contributed by atoms with Gasteiger partial charge >= 0.3 is 0 Å². The predicted molar refractivity (Wildman–Crippen MR) is 128 cm³/mol. The van der Waals surface area contributed by atoms with Crippen molar-refractivity contribution in [3.05, 3.63) is 64.5 Å². The average molecular weight is 448 g/mol. The molecule has 0 saturated carbocycles. The first-order valence-corrected chi connectivity index (χ1v) is 11.6. The number of ether oxygens (including phenoxy) is 1. The third-order valence-corrected chi connectivity index (χ3v) is 6.64. The van der Waals surface area contributed by atoms with E-state index in [-0.39, 0.29) is 6.04 Å². The van der Waals surface area contributed by atoms with Gasteiger partial charge in [-0.05, 0) is 93.8 Å². The molecule has 3 nitrogen and oxygen atoms in total. The average Bonchev–Trinajstić information content (AvgIpc) is 2.74. The van der Waals surface area contributed by atoms with E-state index in [0.717, 1.165) is 30.7 Å². The minimum absolute atomic E-state index is 0.216. The van der Waals surface area contributed by atoms with Gasteiger partial charge in [-0.25, -0.2) is 0 Å². The molecule has 0 bridgehead atoms. The predicted octanol–water partition coefficient (Wildman–Crippen LogP) is 5.97. The second kappa shape index (κ2) is 11.5. The van der Waals surface area contributed by atoms with Crippen molar-refractivity contribution in [3.8, 4) is 11.1 Å². The molecule has 1 radical (unpaired) electrons. The Bertz CT molecular complexity index is 819. The van der Waals surface area contributed by atoms with Crippen LogP contribution in [0, 0.1) is 6.92 Å². The number of rotatable bonds is 9. The van der Waals surface area contributed by atoms with E-state index in [2.05, 4.69) is 49.0 Å². The fraction of sp³-hybridized carbons (Fsp3) is 0.480. The number of likely N-dealkylation sites (tertiary alicyclic amines) is 1. The summed E-state index contributed by atoms with van der Waals surface area (Å²) in [5.74, 6) is 0. The Hall–Kier alpha value is -1.10. The van der Waals surface area contributed by atoms with E-state index in [1.165, 1.54) is 43.5 Å². The normalized spacial score (nSPS) is 16.2. The molecule has 1 atom stereocenters. The van der Waals surface area contributed by atoms with Gasteiger partial charge in [-0.1, -0.05) is 47.8 Å². The van der Waals surface area contributed by atoms with Crippen LogP contribution in [0.1, 0.15) is 30.4 Å². The molecule has 0 aromatic heterocycles. The molecule has 163 valence electrons. The van der Waals surface area contributed by atoms with Crippen molar-refractivity contribution in [2.45, 2.75) is 38.3 Å². The first-order valence-electron chi connectivity index (χ1n) is 10.8. The van der Waals surface area contributed by atoms with Crippen LogP contribution in [0.4, 0.5) is 0 Å². The van der Waals surface area contributed by atoms with Gasteiger partial charge < -0.3 is 14.5 Å². The molecule has 30 heavy (non-hydrogen) atoms. The zero-order valence-electron chi connectivity index (χ0n) is 18.2. The molecule has 0 N–H and O–H groups in total. The Balaban J connectivity index is 1.72. The monoisotopic (exact) mass is 447 g/mol. The largest absolute Gasteiger partial charge is 0.375 e. The van der Waals surface area contributed by atoms with Crippen molar-refractivity contribution in [2.75, 3.05) is 40.3 Å². The van der Waals surface area contributed by atoms with E-state index in [1.807, 2.05) is 18.2 Å². The number of nitrogens with zero attached hydrogens (tertiary/aromatic N) is 2. The van der Waals surface area contributed by atoms with Crippen LogP contribution in [-0.4, -0.2) is 56.2 Å². The summed E-state index contributed by atoms with van der Waals surface area (Å²) in [6.45, 7) is 9.07. The maximum absolute atomic E-state index is 6.24. The maximum atomic E-state index is 6.24. The molecule has 0 aliphatic carbocycles. The van der Waals surface area contributed by atoms with Crippen LogP contribution in [0.5, 0.6) is 0 Å². The van der Waals surface area contributed by atoms with Gasteiger partial charge in [0.2, 0.25) is 0 Å². The van der Waals surface area contributed by atoms with Gasteiger partial charge in [0.25, 0.3) is 0 Å². The number of hydrogen-bond acceptors (Lipinski definition) is 3. The minimum atomic E-state index is 0.216. The highest BCUT2D eigenvalue weighted by Gasteiger charge is 2.13. The summed E-state index contributed by atoms with van der Waals surface area (Å²) in [6.07, 6.45) is 4.87. The topological polar surface area (TPSA) is 15.7 Å². The molecule has 1 unspecified atom stereocenters. The summed E-state index contributed by atoms with van der Waals surface area (Å²) in [5.41, 5.74) is 4.68. The highest BCUT2D eigenvalue weighted by molar-refractivity contribution is 6.42. The molecule has 1 saturated heterocycles. The summed E-state index contributed by atoms with van der Waals surface area (Å²) in [5, 5.41) is 1.15. The number of likely N-dealkylation sites (N-methyl/N-ethyl adjacent to an activating group) is 1. The summed E-state index contributed by atoms with van der Waals surface area (Å²) < 4.78 is 6.12. The standard InChI is InChI=1S/C25H33Cl2N2O/c1-19(28(2)3)15-20-7-8-21(22-9-10-24(26)25(27)17-22)16-23(20)18-30-14-13-29-11-5-4-6-12-29/h7-10,16-17,19H,1,4-6,11-15,18H2,2-3H3. The van der Waals surface area contributed by atoms with Gasteiger partial charge in [-0.2, -0.15) is 0 Å². The van der Waals surface area contributed by atoms with E-state index >= 15 is 0 Å². The molecule has 0 spiro atoms. The first kappa shape index (κ1) is 23.6. The summed E-state index contributed by atoms with van der Waals surface area (Å²) in [7, 11) is 4.13. The van der Waals surface area contributed by atoms with Crippen LogP contribution < -0.4 is 0 Å². The Labute approximate surface area is 191 Å². The molecule has 1 heterocycles. The zero-order valence-corrected chi connectivity index (χ0v) is 19.7.